The molecule has 1 fully saturated rings. The Labute approximate surface area is 101 Å². The molecule has 92 valence electrons. The SMILES string of the molecule is NC[C@@H]1CCN(C(=O)COc2ccccc2)C1. The number of hydrogen-bond donors (Lipinski definition) is 1. The molecular formula is C13H18N2O2. The summed E-state index contributed by atoms with van der Waals surface area (Å²) in [7, 11) is 0. The fourth-order valence-electron chi connectivity index (χ4n) is 2.00. The highest BCUT2D eigenvalue weighted by atomic mass is 16.5. The van der Waals surface area contributed by atoms with Crippen LogP contribution in [-0.2, 0) is 4.79 Å². The summed E-state index contributed by atoms with van der Waals surface area (Å²) in [5.74, 6) is 1.23. The summed E-state index contributed by atoms with van der Waals surface area (Å²) in [4.78, 5) is 13.7. The van der Waals surface area contributed by atoms with Gasteiger partial charge in [0.15, 0.2) is 6.61 Å². The third kappa shape index (κ3) is 3.20. The number of benzene rings is 1. The van der Waals surface area contributed by atoms with Crippen molar-refractivity contribution in [2.24, 2.45) is 11.7 Å². The molecule has 4 nitrogen and oxygen atoms in total. The van der Waals surface area contributed by atoms with Gasteiger partial charge < -0.3 is 15.4 Å². The second-order valence-electron chi connectivity index (χ2n) is 4.33. The lowest BCUT2D eigenvalue weighted by Gasteiger charge is -2.16. The molecule has 0 saturated carbocycles. The Morgan fingerprint density at radius 2 is 2.18 bits per heavy atom. The topological polar surface area (TPSA) is 55.6 Å². The van der Waals surface area contributed by atoms with Gasteiger partial charge in [-0.3, -0.25) is 4.79 Å². The molecule has 2 N–H and O–H groups in total. The van der Waals surface area contributed by atoms with Crippen LogP contribution in [0, 0.1) is 5.92 Å². The van der Waals surface area contributed by atoms with Gasteiger partial charge in [0.2, 0.25) is 0 Å². The number of para-hydroxylation sites is 1. The van der Waals surface area contributed by atoms with E-state index in [-0.39, 0.29) is 12.5 Å². The number of ether oxygens (including phenoxy) is 1. The molecule has 1 atom stereocenters. The van der Waals surface area contributed by atoms with Crippen molar-refractivity contribution in [2.45, 2.75) is 6.42 Å². The fraction of sp³-hybridized carbons (Fsp3) is 0.462. The molecule has 0 bridgehead atoms. The van der Waals surface area contributed by atoms with Gasteiger partial charge in [-0.15, -0.1) is 0 Å². The van der Waals surface area contributed by atoms with E-state index in [0.29, 0.717) is 12.5 Å². The highest BCUT2D eigenvalue weighted by molar-refractivity contribution is 5.78. The first kappa shape index (κ1) is 11.9. The number of hydrogen-bond acceptors (Lipinski definition) is 3. The monoisotopic (exact) mass is 234 g/mol. The van der Waals surface area contributed by atoms with Gasteiger partial charge in [0.25, 0.3) is 5.91 Å². The van der Waals surface area contributed by atoms with Gasteiger partial charge in [0.1, 0.15) is 5.75 Å². The zero-order chi connectivity index (χ0) is 12.1. The molecule has 1 aromatic carbocycles. The van der Waals surface area contributed by atoms with Crippen molar-refractivity contribution in [3.05, 3.63) is 30.3 Å². The summed E-state index contributed by atoms with van der Waals surface area (Å²) in [6.45, 7) is 2.34. The molecule has 0 radical (unpaired) electrons. The van der Waals surface area contributed by atoms with Crippen LogP contribution < -0.4 is 10.5 Å². The van der Waals surface area contributed by atoms with E-state index in [1.165, 1.54) is 0 Å². The predicted molar refractivity (Wildman–Crippen MR) is 65.7 cm³/mol. The molecule has 1 aliphatic heterocycles. The molecule has 4 heteroatoms. The van der Waals surface area contributed by atoms with Crippen LogP contribution in [0.5, 0.6) is 5.75 Å². The number of carbonyl (C=O) groups is 1. The molecule has 17 heavy (non-hydrogen) atoms. The van der Waals surface area contributed by atoms with Crippen LogP contribution >= 0.6 is 0 Å². The number of amides is 1. The molecule has 0 aromatic heterocycles. The summed E-state index contributed by atoms with van der Waals surface area (Å²) >= 11 is 0. The van der Waals surface area contributed by atoms with Gasteiger partial charge in [-0.1, -0.05) is 18.2 Å². The van der Waals surface area contributed by atoms with Crippen LogP contribution in [0.25, 0.3) is 0 Å². The first-order valence-corrected chi connectivity index (χ1v) is 5.95. The Kier molecular flexibility index (Phi) is 3.98. The van der Waals surface area contributed by atoms with Crippen LogP contribution in [0.1, 0.15) is 6.42 Å². The summed E-state index contributed by atoms with van der Waals surface area (Å²) < 4.78 is 5.43. The Balaban J connectivity index is 1.78. The Morgan fingerprint density at radius 1 is 1.41 bits per heavy atom. The number of carbonyl (C=O) groups excluding carboxylic acids is 1. The van der Waals surface area contributed by atoms with Crippen molar-refractivity contribution in [3.63, 3.8) is 0 Å². The number of rotatable bonds is 4. The standard InChI is InChI=1S/C13H18N2O2/c14-8-11-6-7-15(9-11)13(16)10-17-12-4-2-1-3-5-12/h1-5,11H,6-10,14H2/t11-/m0/s1. The third-order valence-electron chi connectivity index (χ3n) is 3.08. The summed E-state index contributed by atoms with van der Waals surface area (Å²) in [5.41, 5.74) is 5.59. The first-order valence-electron chi connectivity index (χ1n) is 5.95. The van der Waals surface area contributed by atoms with Crippen LogP contribution in [-0.4, -0.2) is 37.0 Å². The second-order valence-corrected chi connectivity index (χ2v) is 4.33. The number of likely N-dealkylation sites (tertiary alicyclic amines) is 1. The Hall–Kier alpha value is -1.55. The fourth-order valence-corrected chi connectivity index (χ4v) is 2.00. The maximum absolute atomic E-state index is 11.8. The average Bonchev–Trinajstić information content (AvgIpc) is 2.86. The molecule has 1 saturated heterocycles. The molecular weight excluding hydrogens is 216 g/mol. The molecule has 0 spiro atoms. The lowest BCUT2D eigenvalue weighted by molar-refractivity contribution is -0.132. The molecule has 0 unspecified atom stereocenters. The highest BCUT2D eigenvalue weighted by Gasteiger charge is 2.25. The van der Waals surface area contributed by atoms with E-state index in [1.807, 2.05) is 35.2 Å². The van der Waals surface area contributed by atoms with Crippen molar-refractivity contribution >= 4 is 5.91 Å². The number of nitrogens with two attached hydrogens (primary N) is 1. The Morgan fingerprint density at radius 3 is 2.82 bits per heavy atom. The predicted octanol–water partition coefficient (Wildman–Crippen LogP) is 0.873. The van der Waals surface area contributed by atoms with Crippen molar-refractivity contribution in [1.29, 1.82) is 0 Å². The molecule has 1 amide bonds. The zero-order valence-electron chi connectivity index (χ0n) is 9.84. The quantitative estimate of drug-likeness (QED) is 0.841. The average molecular weight is 234 g/mol. The summed E-state index contributed by atoms with van der Waals surface area (Å²) in [6.07, 6.45) is 1.01. The maximum atomic E-state index is 11.8. The normalized spacial score (nSPS) is 19.4. The van der Waals surface area contributed by atoms with E-state index < -0.39 is 0 Å². The van der Waals surface area contributed by atoms with Gasteiger partial charge in [-0.25, -0.2) is 0 Å². The van der Waals surface area contributed by atoms with Gasteiger partial charge in [0, 0.05) is 13.1 Å². The lowest BCUT2D eigenvalue weighted by atomic mass is 10.1. The smallest absolute Gasteiger partial charge is 0.260 e. The minimum Gasteiger partial charge on any atom is -0.484 e. The van der Waals surface area contributed by atoms with Crippen LogP contribution in [0.15, 0.2) is 30.3 Å². The molecule has 1 heterocycles. The first-order chi connectivity index (χ1) is 8.29. The zero-order valence-corrected chi connectivity index (χ0v) is 9.84. The minimum absolute atomic E-state index is 0.0461. The van der Waals surface area contributed by atoms with Gasteiger partial charge in [-0.2, -0.15) is 0 Å². The maximum Gasteiger partial charge on any atom is 0.260 e. The van der Waals surface area contributed by atoms with Crippen molar-refractivity contribution in [1.82, 2.24) is 4.90 Å². The van der Waals surface area contributed by atoms with E-state index in [1.54, 1.807) is 0 Å². The van der Waals surface area contributed by atoms with Crippen molar-refractivity contribution in [2.75, 3.05) is 26.2 Å². The lowest BCUT2D eigenvalue weighted by Crippen LogP contribution is -2.33. The van der Waals surface area contributed by atoms with Crippen LogP contribution in [0.4, 0.5) is 0 Å². The summed E-state index contributed by atoms with van der Waals surface area (Å²) in [6, 6.07) is 9.39. The van der Waals surface area contributed by atoms with E-state index in [9.17, 15) is 4.79 Å². The minimum atomic E-state index is 0.0461. The second kappa shape index (κ2) is 5.68. The highest BCUT2D eigenvalue weighted by Crippen LogP contribution is 2.15. The van der Waals surface area contributed by atoms with Crippen LogP contribution in [0.2, 0.25) is 0 Å². The van der Waals surface area contributed by atoms with Crippen molar-refractivity contribution in [3.8, 4) is 5.75 Å². The third-order valence-corrected chi connectivity index (χ3v) is 3.08. The van der Waals surface area contributed by atoms with E-state index in [0.717, 1.165) is 25.3 Å². The number of nitrogens with zero attached hydrogens (tertiary/aromatic N) is 1. The molecule has 2 rings (SSSR count). The van der Waals surface area contributed by atoms with Crippen LogP contribution in [0.3, 0.4) is 0 Å². The largest absolute Gasteiger partial charge is 0.484 e. The van der Waals surface area contributed by atoms with Gasteiger partial charge in [-0.05, 0) is 31.0 Å². The Bertz CT molecular complexity index is 367. The molecule has 1 aliphatic rings. The van der Waals surface area contributed by atoms with E-state index in [4.69, 9.17) is 10.5 Å². The van der Waals surface area contributed by atoms with Gasteiger partial charge >= 0.3 is 0 Å². The van der Waals surface area contributed by atoms with E-state index in [2.05, 4.69) is 0 Å². The summed E-state index contributed by atoms with van der Waals surface area (Å²) in [5, 5.41) is 0. The van der Waals surface area contributed by atoms with Crippen molar-refractivity contribution < 1.29 is 9.53 Å². The molecule has 0 aliphatic carbocycles. The van der Waals surface area contributed by atoms with Gasteiger partial charge in [0.05, 0.1) is 0 Å². The van der Waals surface area contributed by atoms with E-state index >= 15 is 0 Å². The molecule has 1 aromatic rings.